The standard InChI is InChI=1S/C16H22N4O3/c1-4-10(2)15(17)16(21)19-12-5-7-13(8-6-12)22-9-14-18-11(3)23-20-14/h5-8,10,15H,4,9,17H2,1-3H3,(H,19,21). The molecule has 0 spiro atoms. The number of anilines is 1. The first-order valence-electron chi connectivity index (χ1n) is 7.58. The molecule has 3 N–H and O–H groups in total. The molecule has 0 radical (unpaired) electrons. The second-order valence-corrected chi connectivity index (χ2v) is 5.44. The molecule has 7 heteroatoms. The van der Waals surface area contributed by atoms with Gasteiger partial charge in [0.05, 0.1) is 6.04 Å². The van der Waals surface area contributed by atoms with Gasteiger partial charge in [0.15, 0.2) is 6.61 Å². The molecule has 0 aliphatic rings. The normalized spacial score (nSPS) is 13.4. The Hall–Kier alpha value is -2.41. The molecule has 23 heavy (non-hydrogen) atoms. The first-order valence-corrected chi connectivity index (χ1v) is 7.58. The largest absolute Gasteiger partial charge is 0.485 e. The van der Waals surface area contributed by atoms with Gasteiger partial charge < -0.3 is 20.3 Å². The van der Waals surface area contributed by atoms with E-state index in [0.29, 0.717) is 23.2 Å². The lowest BCUT2D eigenvalue weighted by atomic mass is 9.99. The fourth-order valence-electron chi connectivity index (χ4n) is 1.92. The molecule has 0 fully saturated rings. The first kappa shape index (κ1) is 17.0. The van der Waals surface area contributed by atoms with Crippen molar-refractivity contribution < 1.29 is 14.1 Å². The molecule has 0 aliphatic heterocycles. The van der Waals surface area contributed by atoms with Crippen LogP contribution in [-0.4, -0.2) is 22.1 Å². The predicted molar refractivity (Wildman–Crippen MR) is 85.9 cm³/mol. The van der Waals surface area contributed by atoms with Crippen LogP contribution in [-0.2, 0) is 11.4 Å². The van der Waals surface area contributed by atoms with Crippen molar-refractivity contribution in [2.45, 2.75) is 39.8 Å². The molecule has 0 aliphatic carbocycles. The Bertz CT molecular complexity index is 639. The fraction of sp³-hybridized carbons (Fsp3) is 0.438. The molecule has 2 aromatic rings. The van der Waals surface area contributed by atoms with Gasteiger partial charge >= 0.3 is 0 Å². The lowest BCUT2D eigenvalue weighted by molar-refractivity contribution is -0.118. The molecular weight excluding hydrogens is 296 g/mol. The van der Waals surface area contributed by atoms with E-state index in [4.69, 9.17) is 15.0 Å². The molecular formula is C16H22N4O3. The zero-order chi connectivity index (χ0) is 16.8. The van der Waals surface area contributed by atoms with Crippen molar-refractivity contribution in [2.75, 3.05) is 5.32 Å². The summed E-state index contributed by atoms with van der Waals surface area (Å²) in [4.78, 5) is 16.1. The van der Waals surface area contributed by atoms with Gasteiger partial charge in [0.2, 0.25) is 17.6 Å². The Kier molecular flexibility index (Phi) is 5.70. The van der Waals surface area contributed by atoms with Crippen LogP contribution in [0.3, 0.4) is 0 Å². The number of carbonyl (C=O) groups is 1. The molecule has 0 saturated heterocycles. The van der Waals surface area contributed by atoms with Gasteiger partial charge in [-0.3, -0.25) is 4.79 Å². The molecule has 1 heterocycles. The second kappa shape index (κ2) is 7.73. The number of nitrogens with one attached hydrogen (secondary N) is 1. The number of nitrogens with two attached hydrogens (primary N) is 1. The van der Waals surface area contributed by atoms with Gasteiger partial charge in [0.25, 0.3) is 0 Å². The fourth-order valence-corrected chi connectivity index (χ4v) is 1.92. The number of hydrogen-bond acceptors (Lipinski definition) is 6. The summed E-state index contributed by atoms with van der Waals surface area (Å²) in [7, 11) is 0. The summed E-state index contributed by atoms with van der Waals surface area (Å²) in [6.07, 6.45) is 0.858. The van der Waals surface area contributed by atoms with E-state index in [1.165, 1.54) is 0 Å². The topological polar surface area (TPSA) is 103 Å². The first-order chi connectivity index (χ1) is 11.0. The summed E-state index contributed by atoms with van der Waals surface area (Å²) in [5, 5.41) is 6.55. The van der Waals surface area contributed by atoms with Gasteiger partial charge in [0, 0.05) is 12.6 Å². The van der Waals surface area contributed by atoms with Crippen LogP contribution in [0.5, 0.6) is 5.75 Å². The lowest BCUT2D eigenvalue weighted by Gasteiger charge is -2.17. The predicted octanol–water partition coefficient (Wildman–Crippen LogP) is 2.27. The van der Waals surface area contributed by atoms with Crippen molar-refractivity contribution in [1.29, 1.82) is 0 Å². The molecule has 1 amide bonds. The van der Waals surface area contributed by atoms with Crippen molar-refractivity contribution in [2.24, 2.45) is 11.7 Å². The van der Waals surface area contributed by atoms with Gasteiger partial charge in [-0.2, -0.15) is 4.98 Å². The molecule has 0 saturated carbocycles. The van der Waals surface area contributed by atoms with Crippen LogP contribution in [0.2, 0.25) is 0 Å². The van der Waals surface area contributed by atoms with Gasteiger partial charge in [-0.15, -0.1) is 0 Å². The molecule has 7 nitrogen and oxygen atoms in total. The van der Waals surface area contributed by atoms with Crippen LogP contribution in [0.4, 0.5) is 5.69 Å². The molecule has 1 aromatic carbocycles. The summed E-state index contributed by atoms with van der Waals surface area (Å²) >= 11 is 0. The summed E-state index contributed by atoms with van der Waals surface area (Å²) in [6.45, 7) is 5.91. The maximum atomic E-state index is 12.0. The number of ether oxygens (including phenoxy) is 1. The van der Waals surface area contributed by atoms with Crippen LogP contribution in [0.1, 0.15) is 32.0 Å². The molecule has 2 rings (SSSR count). The van der Waals surface area contributed by atoms with Crippen molar-refractivity contribution in [1.82, 2.24) is 10.1 Å². The number of carbonyl (C=O) groups excluding carboxylic acids is 1. The van der Waals surface area contributed by atoms with Crippen LogP contribution in [0.25, 0.3) is 0 Å². The van der Waals surface area contributed by atoms with Crippen LogP contribution >= 0.6 is 0 Å². The number of hydrogen-bond donors (Lipinski definition) is 2. The number of rotatable bonds is 7. The highest BCUT2D eigenvalue weighted by atomic mass is 16.5. The van der Waals surface area contributed by atoms with Crippen LogP contribution in [0.15, 0.2) is 28.8 Å². The third kappa shape index (κ3) is 4.79. The maximum Gasteiger partial charge on any atom is 0.241 e. The highest BCUT2D eigenvalue weighted by molar-refractivity contribution is 5.94. The van der Waals surface area contributed by atoms with E-state index in [0.717, 1.165) is 6.42 Å². The third-order valence-corrected chi connectivity index (χ3v) is 3.62. The van der Waals surface area contributed by atoms with Crippen molar-refractivity contribution in [3.05, 3.63) is 36.0 Å². The molecule has 2 atom stereocenters. The molecule has 2 unspecified atom stereocenters. The van der Waals surface area contributed by atoms with Crippen LogP contribution in [0, 0.1) is 12.8 Å². The second-order valence-electron chi connectivity index (χ2n) is 5.44. The summed E-state index contributed by atoms with van der Waals surface area (Å²) < 4.78 is 10.4. The number of nitrogens with zero attached hydrogens (tertiary/aromatic N) is 2. The van der Waals surface area contributed by atoms with Gasteiger partial charge in [-0.25, -0.2) is 0 Å². The van der Waals surface area contributed by atoms with E-state index in [2.05, 4.69) is 15.5 Å². The number of aromatic nitrogens is 2. The van der Waals surface area contributed by atoms with Gasteiger partial charge in [-0.1, -0.05) is 25.4 Å². The SMILES string of the molecule is CCC(C)C(N)C(=O)Nc1ccc(OCc2noc(C)n2)cc1. The number of amides is 1. The summed E-state index contributed by atoms with van der Waals surface area (Å²) in [5.74, 6) is 1.58. The molecule has 0 bridgehead atoms. The summed E-state index contributed by atoms with van der Waals surface area (Å²) in [5.41, 5.74) is 6.58. The minimum atomic E-state index is -0.516. The zero-order valence-electron chi connectivity index (χ0n) is 13.6. The van der Waals surface area contributed by atoms with Crippen LogP contribution < -0.4 is 15.8 Å². The van der Waals surface area contributed by atoms with E-state index in [-0.39, 0.29) is 18.4 Å². The highest BCUT2D eigenvalue weighted by Crippen LogP contribution is 2.17. The van der Waals surface area contributed by atoms with E-state index >= 15 is 0 Å². The van der Waals surface area contributed by atoms with E-state index in [1.54, 1.807) is 31.2 Å². The average molecular weight is 318 g/mol. The molecule has 124 valence electrons. The van der Waals surface area contributed by atoms with E-state index in [1.807, 2.05) is 13.8 Å². The minimum Gasteiger partial charge on any atom is -0.485 e. The van der Waals surface area contributed by atoms with Crippen molar-refractivity contribution >= 4 is 11.6 Å². The Labute approximate surface area is 135 Å². The van der Waals surface area contributed by atoms with E-state index in [9.17, 15) is 4.79 Å². The number of aryl methyl sites for hydroxylation is 1. The lowest BCUT2D eigenvalue weighted by Crippen LogP contribution is -2.40. The Morgan fingerprint density at radius 1 is 1.39 bits per heavy atom. The smallest absolute Gasteiger partial charge is 0.241 e. The monoisotopic (exact) mass is 318 g/mol. The quantitative estimate of drug-likeness (QED) is 0.811. The molecule has 1 aromatic heterocycles. The van der Waals surface area contributed by atoms with Crippen molar-refractivity contribution in [3.63, 3.8) is 0 Å². The number of benzene rings is 1. The zero-order valence-corrected chi connectivity index (χ0v) is 13.6. The maximum absolute atomic E-state index is 12.0. The van der Waals surface area contributed by atoms with Crippen molar-refractivity contribution in [3.8, 4) is 5.75 Å². The van der Waals surface area contributed by atoms with Gasteiger partial charge in [-0.05, 0) is 30.2 Å². The average Bonchev–Trinajstić information content (AvgIpc) is 2.98. The highest BCUT2D eigenvalue weighted by Gasteiger charge is 2.19. The Morgan fingerprint density at radius 3 is 2.65 bits per heavy atom. The van der Waals surface area contributed by atoms with E-state index < -0.39 is 6.04 Å². The minimum absolute atomic E-state index is 0.135. The Balaban J connectivity index is 1.87. The summed E-state index contributed by atoms with van der Waals surface area (Å²) in [6, 6.07) is 6.53. The van der Waals surface area contributed by atoms with Gasteiger partial charge in [0.1, 0.15) is 5.75 Å². The third-order valence-electron chi connectivity index (χ3n) is 3.62. The Morgan fingerprint density at radius 2 is 2.09 bits per heavy atom.